The molecule has 1 aromatic heterocycles. The van der Waals surface area contributed by atoms with Gasteiger partial charge in [-0.3, -0.25) is 9.59 Å². The molecule has 2 amide bonds. The third kappa shape index (κ3) is 2.90. The molecule has 0 atom stereocenters. The molecule has 1 aliphatic heterocycles. The fourth-order valence-electron chi connectivity index (χ4n) is 2.19. The van der Waals surface area contributed by atoms with Crippen LogP contribution in [0.1, 0.15) is 33.0 Å². The van der Waals surface area contributed by atoms with E-state index in [0.29, 0.717) is 5.56 Å². The van der Waals surface area contributed by atoms with Crippen LogP contribution in [-0.2, 0) is 4.79 Å². The maximum atomic E-state index is 11.9. The third-order valence-electron chi connectivity index (χ3n) is 3.14. The van der Waals surface area contributed by atoms with Gasteiger partial charge in [-0.25, -0.2) is 0 Å². The molecule has 1 N–H and O–H groups in total. The lowest BCUT2D eigenvalue weighted by Gasteiger charge is -2.15. The highest BCUT2D eigenvalue weighted by atomic mass is 32.1. The van der Waals surface area contributed by atoms with Crippen LogP contribution in [0.3, 0.4) is 0 Å². The first-order valence-corrected chi connectivity index (χ1v) is 7.02. The van der Waals surface area contributed by atoms with Crippen LogP contribution >= 0.6 is 11.3 Å². The number of carbonyl (C=O) groups is 2. The number of thiophene rings is 1. The standard InChI is InChI=1S/C13H18N2O2S/c1-9-7-11(10(2)18-9)13(17)14-8-12(16)15-5-3-4-6-15/h7H,3-6,8H2,1-2H3,(H,14,17). The van der Waals surface area contributed by atoms with Crippen LogP contribution in [0.2, 0.25) is 0 Å². The van der Waals surface area contributed by atoms with Crippen molar-refractivity contribution in [2.75, 3.05) is 19.6 Å². The van der Waals surface area contributed by atoms with Crippen LogP contribution < -0.4 is 5.32 Å². The Morgan fingerprint density at radius 2 is 2.00 bits per heavy atom. The molecule has 4 nitrogen and oxygen atoms in total. The molecule has 0 aromatic carbocycles. The second kappa shape index (κ2) is 5.52. The van der Waals surface area contributed by atoms with E-state index in [-0.39, 0.29) is 18.4 Å². The number of likely N-dealkylation sites (tertiary alicyclic amines) is 1. The van der Waals surface area contributed by atoms with E-state index in [1.54, 1.807) is 11.3 Å². The molecule has 0 radical (unpaired) electrons. The lowest BCUT2D eigenvalue weighted by atomic mass is 10.2. The van der Waals surface area contributed by atoms with Crippen LogP contribution in [0, 0.1) is 13.8 Å². The van der Waals surface area contributed by atoms with E-state index in [0.717, 1.165) is 35.7 Å². The Kier molecular flexibility index (Phi) is 4.01. The zero-order chi connectivity index (χ0) is 13.1. The van der Waals surface area contributed by atoms with Crippen molar-refractivity contribution in [2.24, 2.45) is 0 Å². The highest BCUT2D eigenvalue weighted by Crippen LogP contribution is 2.20. The Morgan fingerprint density at radius 1 is 1.33 bits per heavy atom. The number of nitrogens with one attached hydrogen (secondary N) is 1. The third-order valence-corrected chi connectivity index (χ3v) is 4.11. The predicted molar refractivity (Wildman–Crippen MR) is 71.9 cm³/mol. The van der Waals surface area contributed by atoms with Gasteiger partial charge in [0.25, 0.3) is 5.91 Å². The van der Waals surface area contributed by atoms with Crippen molar-refractivity contribution in [1.29, 1.82) is 0 Å². The molecule has 0 aliphatic carbocycles. The minimum atomic E-state index is -0.149. The van der Waals surface area contributed by atoms with Gasteiger partial charge in [-0.05, 0) is 32.8 Å². The Labute approximate surface area is 111 Å². The van der Waals surface area contributed by atoms with Gasteiger partial charge in [0.2, 0.25) is 5.91 Å². The molecule has 1 aromatic rings. The van der Waals surface area contributed by atoms with Gasteiger partial charge in [-0.2, -0.15) is 0 Å². The number of hydrogen-bond acceptors (Lipinski definition) is 3. The van der Waals surface area contributed by atoms with Crippen molar-refractivity contribution in [3.63, 3.8) is 0 Å². The second-order valence-corrected chi connectivity index (χ2v) is 6.06. The Bertz CT molecular complexity index is 462. The van der Waals surface area contributed by atoms with E-state index in [4.69, 9.17) is 0 Å². The van der Waals surface area contributed by atoms with Crippen LogP contribution in [0.15, 0.2) is 6.07 Å². The van der Waals surface area contributed by atoms with E-state index in [1.165, 1.54) is 0 Å². The topological polar surface area (TPSA) is 49.4 Å². The average molecular weight is 266 g/mol. The summed E-state index contributed by atoms with van der Waals surface area (Å²) in [5.74, 6) is -0.130. The average Bonchev–Trinajstić information content (AvgIpc) is 2.95. The number of carbonyl (C=O) groups excluding carboxylic acids is 2. The lowest BCUT2D eigenvalue weighted by Crippen LogP contribution is -2.38. The first-order chi connectivity index (χ1) is 8.58. The summed E-state index contributed by atoms with van der Waals surface area (Å²) in [7, 11) is 0. The molecule has 0 saturated carbocycles. The molecular weight excluding hydrogens is 248 g/mol. The van der Waals surface area contributed by atoms with E-state index in [2.05, 4.69) is 5.32 Å². The van der Waals surface area contributed by atoms with Gasteiger partial charge in [-0.15, -0.1) is 11.3 Å². The molecular formula is C13H18N2O2S. The van der Waals surface area contributed by atoms with E-state index < -0.39 is 0 Å². The van der Waals surface area contributed by atoms with E-state index in [1.807, 2.05) is 24.8 Å². The van der Waals surface area contributed by atoms with Gasteiger partial charge in [0.05, 0.1) is 12.1 Å². The number of hydrogen-bond donors (Lipinski definition) is 1. The largest absolute Gasteiger partial charge is 0.343 e. The number of aryl methyl sites for hydroxylation is 2. The summed E-state index contributed by atoms with van der Waals surface area (Å²) >= 11 is 1.60. The summed E-state index contributed by atoms with van der Waals surface area (Å²) in [6, 6.07) is 1.87. The molecule has 2 rings (SSSR count). The Hall–Kier alpha value is -1.36. The summed E-state index contributed by atoms with van der Waals surface area (Å²) in [4.78, 5) is 27.6. The van der Waals surface area contributed by atoms with Gasteiger partial charge in [0.1, 0.15) is 0 Å². The minimum absolute atomic E-state index is 0.0189. The number of amides is 2. The summed E-state index contributed by atoms with van der Waals surface area (Å²) in [5.41, 5.74) is 0.687. The Balaban J connectivity index is 1.88. The van der Waals surface area contributed by atoms with Crippen molar-refractivity contribution in [2.45, 2.75) is 26.7 Å². The molecule has 5 heteroatoms. The SMILES string of the molecule is Cc1cc(C(=O)NCC(=O)N2CCCC2)c(C)s1. The first kappa shape index (κ1) is 13.1. The van der Waals surface area contributed by atoms with Gasteiger partial charge < -0.3 is 10.2 Å². The summed E-state index contributed by atoms with van der Waals surface area (Å²) in [6.07, 6.45) is 2.14. The minimum Gasteiger partial charge on any atom is -0.343 e. The van der Waals surface area contributed by atoms with Crippen molar-refractivity contribution in [3.8, 4) is 0 Å². The van der Waals surface area contributed by atoms with Crippen LogP contribution in [0.4, 0.5) is 0 Å². The van der Waals surface area contributed by atoms with Crippen molar-refractivity contribution in [3.05, 3.63) is 21.4 Å². The van der Waals surface area contributed by atoms with Gasteiger partial charge >= 0.3 is 0 Å². The van der Waals surface area contributed by atoms with Gasteiger partial charge in [-0.1, -0.05) is 0 Å². The predicted octanol–water partition coefficient (Wildman–Crippen LogP) is 1.72. The zero-order valence-corrected chi connectivity index (χ0v) is 11.6. The smallest absolute Gasteiger partial charge is 0.252 e. The first-order valence-electron chi connectivity index (χ1n) is 6.21. The number of rotatable bonds is 3. The molecule has 1 fully saturated rings. The highest BCUT2D eigenvalue weighted by molar-refractivity contribution is 7.12. The highest BCUT2D eigenvalue weighted by Gasteiger charge is 2.19. The molecule has 2 heterocycles. The monoisotopic (exact) mass is 266 g/mol. The van der Waals surface area contributed by atoms with Crippen LogP contribution in [0.25, 0.3) is 0 Å². The van der Waals surface area contributed by atoms with E-state index in [9.17, 15) is 9.59 Å². The van der Waals surface area contributed by atoms with Gasteiger partial charge in [0.15, 0.2) is 0 Å². The molecule has 98 valence electrons. The summed E-state index contributed by atoms with van der Waals surface area (Å²) < 4.78 is 0. The van der Waals surface area contributed by atoms with Crippen molar-refractivity contribution >= 4 is 23.2 Å². The zero-order valence-electron chi connectivity index (χ0n) is 10.8. The van der Waals surface area contributed by atoms with E-state index >= 15 is 0 Å². The maximum absolute atomic E-state index is 11.9. The summed E-state index contributed by atoms with van der Waals surface area (Å²) in [5, 5.41) is 2.71. The Morgan fingerprint density at radius 3 is 2.56 bits per heavy atom. The normalized spacial score (nSPS) is 14.9. The van der Waals surface area contributed by atoms with Gasteiger partial charge in [0, 0.05) is 22.8 Å². The number of nitrogens with zero attached hydrogens (tertiary/aromatic N) is 1. The molecule has 0 bridgehead atoms. The fraction of sp³-hybridized carbons (Fsp3) is 0.538. The van der Waals surface area contributed by atoms with Crippen molar-refractivity contribution in [1.82, 2.24) is 10.2 Å². The van der Waals surface area contributed by atoms with Crippen LogP contribution in [-0.4, -0.2) is 36.3 Å². The molecule has 1 aliphatic rings. The summed E-state index contributed by atoms with van der Waals surface area (Å²) in [6.45, 7) is 5.66. The molecule has 0 spiro atoms. The quantitative estimate of drug-likeness (QED) is 0.905. The molecule has 0 unspecified atom stereocenters. The fourth-order valence-corrected chi connectivity index (χ4v) is 3.11. The van der Waals surface area contributed by atoms with Crippen LogP contribution in [0.5, 0.6) is 0 Å². The second-order valence-electron chi connectivity index (χ2n) is 4.60. The lowest BCUT2D eigenvalue weighted by molar-refractivity contribution is -0.129. The molecule has 18 heavy (non-hydrogen) atoms. The maximum Gasteiger partial charge on any atom is 0.252 e. The van der Waals surface area contributed by atoms with Crippen molar-refractivity contribution < 1.29 is 9.59 Å². The molecule has 1 saturated heterocycles.